The Labute approximate surface area is 116 Å². The monoisotopic (exact) mass is 282 g/mol. The third kappa shape index (κ3) is 4.32. The normalized spacial score (nSPS) is 17.1. The number of carbonyl (C=O) groups excluding carboxylic acids is 1. The molecule has 0 saturated carbocycles. The van der Waals surface area contributed by atoms with Gasteiger partial charge in [0.2, 0.25) is 11.8 Å². The van der Waals surface area contributed by atoms with Gasteiger partial charge in [-0.2, -0.15) is 0 Å². The molecule has 2 N–H and O–H groups in total. The van der Waals surface area contributed by atoms with Crippen LogP contribution in [0, 0.1) is 6.92 Å². The number of piperazine rings is 1. The fourth-order valence-electron chi connectivity index (χ4n) is 2.10. The van der Waals surface area contributed by atoms with Crippen LogP contribution < -0.4 is 5.32 Å². The first-order valence-electron chi connectivity index (χ1n) is 6.42. The zero-order chi connectivity index (χ0) is 14.5. The highest BCUT2D eigenvalue weighted by molar-refractivity contribution is 5.90. The van der Waals surface area contributed by atoms with Crippen molar-refractivity contribution in [2.24, 2.45) is 0 Å². The van der Waals surface area contributed by atoms with Crippen LogP contribution in [0.4, 0.5) is 5.88 Å². The Hall–Kier alpha value is -1.93. The quantitative estimate of drug-likeness (QED) is 0.759. The van der Waals surface area contributed by atoms with Crippen molar-refractivity contribution in [1.29, 1.82) is 0 Å². The molecule has 0 aliphatic carbocycles. The van der Waals surface area contributed by atoms with Gasteiger partial charge in [-0.15, -0.1) is 0 Å². The smallest absolute Gasteiger partial charge is 0.317 e. The van der Waals surface area contributed by atoms with Crippen LogP contribution in [0.5, 0.6) is 0 Å². The Bertz CT molecular complexity index is 480. The predicted molar refractivity (Wildman–Crippen MR) is 70.4 cm³/mol. The summed E-state index contributed by atoms with van der Waals surface area (Å²) in [7, 11) is 0. The molecule has 2 heterocycles. The molecule has 1 aromatic heterocycles. The Kier molecular flexibility index (Phi) is 4.70. The number of carbonyl (C=O) groups is 2. The molecule has 20 heavy (non-hydrogen) atoms. The maximum absolute atomic E-state index is 11.8. The molecule has 0 atom stereocenters. The number of amides is 1. The second-order valence-corrected chi connectivity index (χ2v) is 4.83. The van der Waals surface area contributed by atoms with E-state index in [4.69, 9.17) is 9.63 Å². The van der Waals surface area contributed by atoms with Crippen LogP contribution in [-0.2, 0) is 9.59 Å². The SMILES string of the molecule is Cc1cc(NC(=O)CN2CCN(CC(=O)O)CC2)on1. The van der Waals surface area contributed by atoms with E-state index in [2.05, 4.69) is 10.5 Å². The van der Waals surface area contributed by atoms with E-state index in [1.54, 1.807) is 13.0 Å². The molecule has 1 aromatic rings. The van der Waals surface area contributed by atoms with Crippen LogP contribution >= 0.6 is 0 Å². The van der Waals surface area contributed by atoms with Gasteiger partial charge in [0, 0.05) is 32.2 Å². The molecular formula is C12H18N4O4. The zero-order valence-corrected chi connectivity index (χ0v) is 11.3. The van der Waals surface area contributed by atoms with Crippen molar-refractivity contribution in [3.05, 3.63) is 11.8 Å². The van der Waals surface area contributed by atoms with Crippen molar-refractivity contribution in [3.8, 4) is 0 Å². The highest BCUT2D eigenvalue weighted by Gasteiger charge is 2.20. The molecule has 1 aliphatic rings. The summed E-state index contributed by atoms with van der Waals surface area (Å²) in [6.07, 6.45) is 0. The Balaban J connectivity index is 1.72. The summed E-state index contributed by atoms with van der Waals surface area (Å²) in [6.45, 7) is 4.76. The number of hydrogen-bond donors (Lipinski definition) is 2. The number of nitrogens with one attached hydrogen (secondary N) is 1. The molecule has 8 nitrogen and oxygen atoms in total. The first kappa shape index (κ1) is 14.5. The second-order valence-electron chi connectivity index (χ2n) is 4.83. The summed E-state index contributed by atoms with van der Waals surface area (Å²) < 4.78 is 4.91. The molecule has 1 aliphatic heterocycles. The number of carboxylic acid groups (broad SMARTS) is 1. The third-order valence-corrected chi connectivity index (χ3v) is 3.08. The van der Waals surface area contributed by atoms with Crippen molar-refractivity contribution in [2.45, 2.75) is 6.92 Å². The number of anilines is 1. The molecule has 0 radical (unpaired) electrons. The van der Waals surface area contributed by atoms with Gasteiger partial charge in [-0.1, -0.05) is 5.16 Å². The summed E-state index contributed by atoms with van der Waals surface area (Å²) in [5.74, 6) is -0.637. The van der Waals surface area contributed by atoms with Gasteiger partial charge in [-0.3, -0.25) is 24.7 Å². The van der Waals surface area contributed by atoms with Gasteiger partial charge in [0.15, 0.2) is 0 Å². The predicted octanol–water partition coefficient (Wildman–Crippen LogP) is -0.376. The van der Waals surface area contributed by atoms with E-state index in [-0.39, 0.29) is 19.0 Å². The lowest BCUT2D eigenvalue weighted by Crippen LogP contribution is -2.49. The minimum Gasteiger partial charge on any atom is -0.480 e. The van der Waals surface area contributed by atoms with Gasteiger partial charge in [-0.05, 0) is 6.92 Å². The number of aryl methyl sites for hydroxylation is 1. The van der Waals surface area contributed by atoms with Gasteiger partial charge in [0.05, 0.1) is 18.8 Å². The highest BCUT2D eigenvalue weighted by Crippen LogP contribution is 2.08. The molecular weight excluding hydrogens is 264 g/mol. The topological polar surface area (TPSA) is 98.9 Å². The van der Waals surface area contributed by atoms with Crippen LogP contribution in [0.15, 0.2) is 10.6 Å². The van der Waals surface area contributed by atoms with Gasteiger partial charge >= 0.3 is 5.97 Å². The molecule has 110 valence electrons. The van der Waals surface area contributed by atoms with E-state index in [1.165, 1.54) is 0 Å². The van der Waals surface area contributed by atoms with E-state index >= 15 is 0 Å². The highest BCUT2D eigenvalue weighted by atomic mass is 16.5. The second kappa shape index (κ2) is 6.49. The maximum Gasteiger partial charge on any atom is 0.317 e. The number of carboxylic acids is 1. The lowest BCUT2D eigenvalue weighted by atomic mass is 10.3. The summed E-state index contributed by atoms with van der Waals surface area (Å²) >= 11 is 0. The summed E-state index contributed by atoms with van der Waals surface area (Å²) in [5, 5.41) is 15.0. The van der Waals surface area contributed by atoms with Crippen molar-refractivity contribution >= 4 is 17.8 Å². The molecule has 0 bridgehead atoms. The van der Waals surface area contributed by atoms with Gasteiger partial charge in [0.25, 0.3) is 0 Å². The minimum absolute atomic E-state index is 0.0530. The van der Waals surface area contributed by atoms with E-state index in [9.17, 15) is 9.59 Å². The van der Waals surface area contributed by atoms with Crippen LogP contribution in [0.2, 0.25) is 0 Å². The average Bonchev–Trinajstić information content (AvgIpc) is 2.76. The number of rotatable bonds is 5. The lowest BCUT2D eigenvalue weighted by molar-refractivity contribution is -0.139. The zero-order valence-electron chi connectivity index (χ0n) is 11.3. The first-order valence-corrected chi connectivity index (χ1v) is 6.42. The molecule has 1 saturated heterocycles. The average molecular weight is 282 g/mol. The molecule has 1 amide bonds. The maximum atomic E-state index is 11.8. The Morgan fingerprint density at radius 2 is 1.90 bits per heavy atom. The third-order valence-electron chi connectivity index (χ3n) is 3.08. The first-order chi connectivity index (χ1) is 9.52. The molecule has 2 rings (SSSR count). The largest absolute Gasteiger partial charge is 0.480 e. The molecule has 8 heteroatoms. The van der Waals surface area contributed by atoms with E-state index in [0.29, 0.717) is 37.8 Å². The van der Waals surface area contributed by atoms with E-state index < -0.39 is 5.97 Å². The van der Waals surface area contributed by atoms with Crippen LogP contribution in [0.1, 0.15) is 5.69 Å². The van der Waals surface area contributed by atoms with Crippen molar-refractivity contribution in [1.82, 2.24) is 15.0 Å². The minimum atomic E-state index is -0.822. The van der Waals surface area contributed by atoms with E-state index in [0.717, 1.165) is 0 Å². The van der Waals surface area contributed by atoms with Crippen molar-refractivity contribution in [2.75, 3.05) is 44.6 Å². The summed E-state index contributed by atoms with van der Waals surface area (Å²) in [4.78, 5) is 26.2. The lowest BCUT2D eigenvalue weighted by Gasteiger charge is -2.33. The van der Waals surface area contributed by atoms with Crippen molar-refractivity contribution in [3.63, 3.8) is 0 Å². The summed E-state index contributed by atoms with van der Waals surface area (Å²) in [5.41, 5.74) is 0.711. The summed E-state index contributed by atoms with van der Waals surface area (Å²) in [6, 6.07) is 1.66. The number of aromatic nitrogens is 1. The number of hydrogen-bond acceptors (Lipinski definition) is 6. The number of nitrogens with zero attached hydrogens (tertiary/aromatic N) is 3. The standard InChI is InChI=1S/C12H18N4O4/c1-9-6-11(20-14-9)13-10(17)7-15-2-4-16(5-3-15)8-12(18)19/h6H,2-5,7-8H2,1H3,(H,13,17)(H,18,19). The molecule has 0 aromatic carbocycles. The van der Waals surface area contributed by atoms with Crippen LogP contribution in [0.3, 0.4) is 0 Å². The molecule has 1 fully saturated rings. The Morgan fingerprint density at radius 1 is 1.30 bits per heavy atom. The van der Waals surface area contributed by atoms with Gasteiger partial charge in [0.1, 0.15) is 0 Å². The van der Waals surface area contributed by atoms with E-state index in [1.807, 2.05) is 9.80 Å². The van der Waals surface area contributed by atoms with Crippen LogP contribution in [-0.4, -0.2) is 71.2 Å². The fraction of sp³-hybridized carbons (Fsp3) is 0.583. The molecule has 0 unspecified atom stereocenters. The molecule has 0 spiro atoms. The number of aliphatic carboxylic acids is 1. The van der Waals surface area contributed by atoms with Gasteiger partial charge < -0.3 is 9.63 Å². The Morgan fingerprint density at radius 3 is 2.40 bits per heavy atom. The fourth-order valence-corrected chi connectivity index (χ4v) is 2.10. The van der Waals surface area contributed by atoms with Crippen molar-refractivity contribution < 1.29 is 19.2 Å². The van der Waals surface area contributed by atoms with Gasteiger partial charge in [-0.25, -0.2) is 0 Å². The van der Waals surface area contributed by atoms with Crippen LogP contribution in [0.25, 0.3) is 0 Å².